The number of halogens is 3. The molecule has 2 aromatic carbocycles. The summed E-state index contributed by atoms with van der Waals surface area (Å²) in [7, 11) is 0. The van der Waals surface area contributed by atoms with Gasteiger partial charge in [0.1, 0.15) is 11.9 Å². The fourth-order valence-electron chi connectivity index (χ4n) is 3.04. The summed E-state index contributed by atoms with van der Waals surface area (Å²) < 4.78 is 13.1. The highest BCUT2D eigenvalue weighted by molar-refractivity contribution is 7.99. The van der Waals surface area contributed by atoms with Gasteiger partial charge in [-0.3, -0.25) is 9.59 Å². The van der Waals surface area contributed by atoms with Crippen molar-refractivity contribution in [3.8, 4) is 0 Å². The van der Waals surface area contributed by atoms with E-state index in [4.69, 9.17) is 23.2 Å². The number of carbonyl (C=O) groups is 2. The summed E-state index contributed by atoms with van der Waals surface area (Å²) in [5, 5.41) is 3.73. The van der Waals surface area contributed by atoms with Crippen molar-refractivity contribution in [2.45, 2.75) is 45.0 Å². The van der Waals surface area contributed by atoms with Gasteiger partial charge in [0.05, 0.1) is 15.8 Å². The molecule has 1 N–H and O–H groups in total. The van der Waals surface area contributed by atoms with Crippen molar-refractivity contribution in [3.05, 3.63) is 69.5 Å². The first-order valence-corrected chi connectivity index (χ1v) is 12.1. The quantitative estimate of drug-likeness (QED) is 0.444. The topological polar surface area (TPSA) is 49.4 Å². The molecule has 0 bridgehead atoms. The Morgan fingerprint density at radius 2 is 1.74 bits per heavy atom. The SMILES string of the molecule is CCCNC(=O)[C@@H](CC)N(Cc1ccc(Cl)c(Cl)c1)C(=O)CSCc1ccc(F)cc1. The number of rotatable bonds is 11. The van der Waals surface area contributed by atoms with Crippen molar-refractivity contribution in [1.82, 2.24) is 10.2 Å². The Balaban J connectivity index is 2.13. The molecule has 2 aromatic rings. The molecular weight excluding hydrogens is 458 g/mol. The second-order valence-electron chi connectivity index (χ2n) is 7.10. The smallest absolute Gasteiger partial charge is 0.242 e. The van der Waals surface area contributed by atoms with Gasteiger partial charge < -0.3 is 10.2 Å². The normalized spacial score (nSPS) is 11.8. The predicted molar refractivity (Wildman–Crippen MR) is 127 cm³/mol. The average molecular weight is 485 g/mol. The van der Waals surface area contributed by atoms with Crippen molar-refractivity contribution in [2.24, 2.45) is 0 Å². The van der Waals surface area contributed by atoms with E-state index in [0.717, 1.165) is 17.5 Å². The second-order valence-corrected chi connectivity index (χ2v) is 8.90. The third kappa shape index (κ3) is 8.02. The molecule has 0 unspecified atom stereocenters. The minimum Gasteiger partial charge on any atom is -0.354 e. The molecule has 4 nitrogen and oxygen atoms in total. The molecular formula is C23H27Cl2FN2O2S. The highest BCUT2D eigenvalue weighted by Crippen LogP contribution is 2.24. The molecule has 2 rings (SSSR count). The van der Waals surface area contributed by atoms with Crippen molar-refractivity contribution in [2.75, 3.05) is 12.3 Å². The zero-order valence-corrected chi connectivity index (χ0v) is 20.0. The van der Waals surface area contributed by atoms with Crippen LogP contribution in [0.25, 0.3) is 0 Å². The summed E-state index contributed by atoms with van der Waals surface area (Å²) in [6.45, 7) is 4.68. The maximum atomic E-state index is 13.1. The van der Waals surface area contributed by atoms with E-state index >= 15 is 0 Å². The summed E-state index contributed by atoms with van der Waals surface area (Å²) in [4.78, 5) is 27.5. The van der Waals surface area contributed by atoms with E-state index in [1.165, 1.54) is 23.9 Å². The van der Waals surface area contributed by atoms with E-state index in [-0.39, 0.29) is 29.9 Å². The molecule has 1 atom stereocenters. The Morgan fingerprint density at radius 3 is 2.35 bits per heavy atom. The Morgan fingerprint density at radius 1 is 1.06 bits per heavy atom. The molecule has 0 aliphatic rings. The van der Waals surface area contributed by atoms with Crippen LogP contribution in [-0.2, 0) is 21.9 Å². The zero-order valence-electron chi connectivity index (χ0n) is 17.7. The Bertz CT molecular complexity index is 880. The van der Waals surface area contributed by atoms with E-state index < -0.39 is 6.04 Å². The lowest BCUT2D eigenvalue weighted by molar-refractivity contribution is -0.139. The lowest BCUT2D eigenvalue weighted by atomic mass is 10.1. The first-order chi connectivity index (χ1) is 14.8. The number of hydrogen-bond acceptors (Lipinski definition) is 3. The molecule has 0 spiro atoms. The minimum atomic E-state index is -0.583. The van der Waals surface area contributed by atoms with Gasteiger partial charge >= 0.3 is 0 Å². The number of thioether (sulfide) groups is 1. The largest absolute Gasteiger partial charge is 0.354 e. The fraction of sp³-hybridized carbons (Fsp3) is 0.391. The van der Waals surface area contributed by atoms with Crippen LogP contribution in [0.3, 0.4) is 0 Å². The van der Waals surface area contributed by atoms with Gasteiger partial charge in [-0.1, -0.05) is 55.2 Å². The molecule has 0 radical (unpaired) electrons. The van der Waals surface area contributed by atoms with Crippen LogP contribution in [0.5, 0.6) is 0 Å². The zero-order chi connectivity index (χ0) is 22.8. The Hall–Kier alpha value is -1.76. The van der Waals surface area contributed by atoms with Crippen LogP contribution in [0.2, 0.25) is 10.0 Å². The van der Waals surface area contributed by atoms with Gasteiger partial charge in [-0.05, 0) is 48.2 Å². The monoisotopic (exact) mass is 484 g/mol. The predicted octanol–water partition coefficient (Wildman–Crippen LogP) is 5.70. The first kappa shape index (κ1) is 25.5. The highest BCUT2D eigenvalue weighted by atomic mass is 35.5. The van der Waals surface area contributed by atoms with E-state index in [1.807, 2.05) is 13.8 Å². The fourth-order valence-corrected chi connectivity index (χ4v) is 4.23. The van der Waals surface area contributed by atoms with E-state index in [0.29, 0.717) is 28.8 Å². The maximum Gasteiger partial charge on any atom is 0.242 e. The third-order valence-corrected chi connectivity index (χ3v) is 6.41. The van der Waals surface area contributed by atoms with Crippen molar-refractivity contribution in [3.63, 3.8) is 0 Å². The molecule has 0 aliphatic heterocycles. The van der Waals surface area contributed by atoms with E-state index in [2.05, 4.69) is 5.32 Å². The van der Waals surface area contributed by atoms with Gasteiger partial charge in [0.15, 0.2) is 0 Å². The molecule has 31 heavy (non-hydrogen) atoms. The molecule has 0 saturated carbocycles. The van der Waals surface area contributed by atoms with Gasteiger partial charge in [0.25, 0.3) is 0 Å². The summed E-state index contributed by atoms with van der Waals surface area (Å²) in [6.07, 6.45) is 1.31. The molecule has 2 amide bonds. The number of nitrogens with zero attached hydrogens (tertiary/aromatic N) is 1. The van der Waals surface area contributed by atoms with Gasteiger partial charge in [0, 0.05) is 18.8 Å². The van der Waals surface area contributed by atoms with Crippen LogP contribution in [-0.4, -0.2) is 35.1 Å². The maximum absolute atomic E-state index is 13.1. The molecule has 0 aliphatic carbocycles. The standard InChI is InChI=1S/C23H27Cl2FN2O2S/c1-3-11-27-23(30)21(4-2)28(13-17-7-10-19(24)20(25)12-17)22(29)15-31-14-16-5-8-18(26)9-6-16/h5-10,12,21H,3-4,11,13-15H2,1-2H3,(H,27,30)/t21-/m1/s1. The summed E-state index contributed by atoms with van der Waals surface area (Å²) >= 11 is 13.6. The van der Waals surface area contributed by atoms with Crippen LogP contribution < -0.4 is 5.32 Å². The van der Waals surface area contributed by atoms with Crippen LogP contribution in [0.15, 0.2) is 42.5 Å². The number of carbonyl (C=O) groups excluding carboxylic acids is 2. The van der Waals surface area contributed by atoms with Crippen LogP contribution in [0, 0.1) is 5.82 Å². The van der Waals surface area contributed by atoms with Crippen molar-refractivity contribution in [1.29, 1.82) is 0 Å². The number of nitrogens with one attached hydrogen (secondary N) is 1. The lowest BCUT2D eigenvalue weighted by Gasteiger charge is -2.30. The number of amides is 2. The Labute approximate surface area is 197 Å². The van der Waals surface area contributed by atoms with Crippen LogP contribution >= 0.6 is 35.0 Å². The summed E-state index contributed by atoms with van der Waals surface area (Å²) in [5.74, 6) is 0.182. The molecule has 0 heterocycles. The number of benzene rings is 2. The average Bonchev–Trinajstić information content (AvgIpc) is 2.75. The third-order valence-electron chi connectivity index (χ3n) is 4.68. The molecule has 0 saturated heterocycles. The molecule has 0 aromatic heterocycles. The number of hydrogen-bond donors (Lipinski definition) is 1. The molecule has 168 valence electrons. The van der Waals surface area contributed by atoms with E-state index in [9.17, 15) is 14.0 Å². The van der Waals surface area contributed by atoms with Crippen LogP contribution in [0.1, 0.15) is 37.8 Å². The first-order valence-electron chi connectivity index (χ1n) is 10.2. The lowest BCUT2D eigenvalue weighted by Crippen LogP contribution is -2.49. The van der Waals surface area contributed by atoms with Crippen LogP contribution in [0.4, 0.5) is 4.39 Å². The van der Waals surface area contributed by atoms with Crippen molar-refractivity contribution >= 4 is 46.8 Å². The highest BCUT2D eigenvalue weighted by Gasteiger charge is 2.28. The summed E-state index contributed by atoms with van der Waals surface area (Å²) in [6, 6.07) is 10.8. The van der Waals surface area contributed by atoms with E-state index in [1.54, 1.807) is 35.2 Å². The molecule has 8 heteroatoms. The Kier molecular flexibility index (Phi) is 10.6. The van der Waals surface area contributed by atoms with Gasteiger partial charge in [-0.2, -0.15) is 0 Å². The van der Waals surface area contributed by atoms with Crippen molar-refractivity contribution < 1.29 is 14.0 Å². The van der Waals surface area contributed by atoms with Gasteiger partial charge in [-0.15, -0.1) is 11.8 Å². The van der Waals surface area contributed by atoms with Gasteiger partial charge in [0.2, 0.25) is 11.8 Å². The summed E-state index contributed by atoms with van der Waals surface area (Å²) in [5.41, 5.74) is 1.73. The second kappa shape index (κ2) is 12.9. The molecule has 0 fully saturated rings. The van der Waals surface area contributed by atoms with Gasteiger partial charge in [-0.25, -0.2) is 4.39 Å². The minimum absolute atomic E-state index is 0.142.